The van der Waals surface area contributed by atoms with Gasteiger partial charge < -0.3 is 10.2 Å². The molecule has 124 valence electrons. The topological polar surface area (TPSA) is 109 Å². The first-order chi connectivity index (χ1) is 10.3. The molecule has 1 aliphatic rings. The van der Waals surface area contributed by atoms with Gasteiger partial charge in [-0.2, -0.15) is 12.7 Å². The lowest BCUT2D eigenvalue weighted by Crippen LogP contribution is -2.54. The largest absolute Gasteiger partial charge is 0.332 e. The Hall–Kier alpha value is -1.23. The molecule has 8 nitrogen and oxygen atoms in total. The van der Waals surface area contributed by atoms with E-state index in [1.54, 1.807) is 16.2 Å². The van der Waals surface area contributed by atoms with Crippen LogP contribution < -0.4 is 10.5 Å². The number of rotatable bonds is 4. The van der Waals surface area contributed by atoms with E-state index in [9.17, 15) is 13.2 Å². The van der Waals surface area contributed by atoms with E-state index in [1.165, 1.54) is 4.31 Å². The lowest BCUT2D eigenvalue weighted by Gasteiger charge is -2.32. The van der Waals surface area contributed by atoms with Gasteiger partial charge >= 0.3 is 6.03 Å². The number of aromatic nitrogens is 1. The average Bonchev–Trinajstić information content (AvgIpc) is 2.93. The second-order valence-electron chi connectivity index (χ2n) is 5.42. The Kier molecular flexibility index (Phi) is 5.37. The summed E-state index contributed by atoms with van der Waals surface area (Å²) in [7, 11) is -3.67. The monoisotopic (exact) mass is 347 g/mol. The van der Waals surface area contributed by atoms with Crippen LogP contribution in [0, 0.1) is 0 Å². The van der Waals surface area contributed by atoms with Crippen LogP contribution in [-0.2, 0) is 16.8 Å². The zero-order chi connectivity index (χ0) is 16.3. The highest BCUT2D eigenvalue weighted by Crippen LogP contribution is 2.19. The molecule has 0 radical (unpaired) electrons. The first-order valence-corrected chi connectivity index (χ1v) is 9.40. The highest BCUT2D eigenvalue weighted by molar-refractivity contribution is 7.86. The lowest BCUT2D eigenvalue weighted by molar-refractivity contribution is 0.172. The molecule has 0 aromatic carbocycles. The molecule has 2 heterocycles. The Morgan fingerprint density at radius 3 is 2.55 bits per heavy atom. The van der Waals surface area contributed by atoms with Crippen molar-refractivity contribution >= 4 is 27.6 Å². The molecule has 1 aromatic rings. The first kappa shape index (κ1) is 17.1. The zero-order valence-corrected chi connectivity index (χ0v) is 14.3. The van der Waals surface area contributed by atoms with Gasteiger partial charge in [-0.05, 0) is 0 Å². The molecule has 1 aliphatic heterocycles. The van der Waals surface area contributed by atoms with Crippen LogP contribution in [0.15, 0.2) is 5.38 Å². The molecule has 2 rings (SSSR count). The molecule has 0 atom stereocenters. The third kappa shape index (κ3) is 4.38. The zero-order valence-electron chi connectivity index (χ0n) is 12.7. The molecule has 0 aliphatic carbocycles. The maximum Gasteiger partial charge on any atom is 0.317 e. The van der Waals surface area contributed by atoms with Crippen molar-refractivity contribution in [2.45, 2.75) is 26.3 Å². The molecular weight excluding hydrogens is 326 g/mol. The van der Waals surface area contributed by atoms with E-state index in [1.807, 2.05) is 5.38 Å². The van der Waals surface area contributed by atoms with E-state index in [4.69, 9.17) is 5.14 Å². The fourth-order valence-corrected chi connectivity index (χ4v) is 3.60. The van der Waals surface area contributed by atoms with Gasteiger partial charge in [-0.15, -0.1) is 11.3 Å². The Labute approximate surface area is 134 Å². The number of carbonyl (C=O) groups is 1. The van der Waals surface area contributed by atoms with Gasteiger partial charge in [-0.3, -0.25) is 0 Å². The number of amides is 2. The summed E-state index contributed by atoms with van der Waals surface area (Å²) in [5, 5.41) is 10.9. The molecule has 1 aromatic heterocycles. The number of carbonyl (C=O) groups excluding carboxylic acids is 1. The predicted octanol–water partition coefficient (Wildman–Crippen LogP) is 0.297. The molecular formula is C12H21N5O3S2. The average molecular weight is 347 g/mol. The van der Waals surface area contributed by atoms with E-state index in [2.05, 4.69) is 24.1 Å². The highest BCUT2D eigenvalue weighted by atomic mass is 32.2. The van der Waals surface area contributed by atoms with Crippen LogP contribution in [0.4, 0.5) is 4.79 Å². The van der Waals surface area contributed by atoms with Crippen LogP contribution in [0.5, 0.6) is 0 Å². The van der Waals surface area contributed by atoms with Crippen LogP contribution in [0.2, 0.25) is 0 Å². The van der Waals surface area contributed by atoms with E-state index in [0.29, 0.717) is 25.6 Å². The van der Waals surface area contributed by atoms with E-state index < -0.39 is 10.2 Å². The molecule has 1 saturated heterocycles. The highest BCUT2D eigenvalue weighted by Gasteiger charge is 2.26. The summed E-state index contributed by atoms with van der Waals surface area (Å²) >= 11 is 1.58. The Morgan fingerprint density at radius 2 is 2.05 bits per heavy atom. The molecule has 10 heteroatoms. The molecule has 0 spiro atoms. The minimum atomic E-state index is -3.67. The van der Waals surface area contributed by atoms with Gasteiger partial charge in [-0.1, -0.05) is 13.8 Å². The fraction of sp³-hybridized carbons (Fsp3) is 0.667. The number of nitrogens with one attached hydrogen (secondary N) is 1. The second-order valence-corrected chi connectivity index (χ2v) is 7.86. The SMILES string of the molecule is CC(C)c1nc(CNC(=O)N2CCN(S(N)(=O)=O)CC2)cs1. The van der Waals surface area contributed by atoms with Crippen molar-refractivity contribution in [1.82, 2.24) is 19.5 Å². The van der Waals surface area contributed by atoms with E-state index in [-0.39, 0.29) is 19.1 Å². The van der Waals surface area contributed by atoms with Gasteiger partial charge in [-0.25, -0.2) is 14.9 Å². The quantitative estimate of drug-likeness (QED) is 0.816. The smallest absolute Gasteiger partial charge is 0.317 e. The van der Waals surface area contributed by atoms with Crippen molar-refractivity contribution in [1.29, 1.82) is 0 Å². The summed E-state index contributed by atoms with van der Waals surface area (Å²) in [6.07, 6.45) is 0. The normalized spacial score (nSPS) is 17.0. The minimum Gasteiger partial charge on any atom is -0.332 e. The molecule has 22 heavy (non-hydrogen) atoms. The summed E-state index contributed by atoms with van der Waals surface area (Å²) in [5.41, 5.74) is 0.838. The predicted molar refractivity (Wildman–Crippen MR) is 84.7 cm³/mol. The summed E-state index contributed by atoms with van der Waals surface area (Å²) in [6.45, 7) is 5.63. The van der Waals surface area contributed by atoms with Gasteiger partial charge in [0.25, 0.3) is 10.2 Å². The molecule has 1 fully saturated rings. The number of piperazine rings is 1. The second kappa shape index (κ2) is 6.90. The number of nitrogens with two attached hydrogens (primary N) is 1. The number of urea groups is 1. The number of thiazole rings is 1. The fourth-order valence-electron chi connectivity index (χ4n) is 2.09. The van der Waals surface area contributed by atoms with Gasteiger partial charge in [0, 0.05) is 37.5 Å². The molecule has 3 N–H and O–H groups in total. The molecule has 0 bridgehead atoms. The summed E-state index contributed by atoms with van der Waals surface area (Å²) in [5.74, 6) is 0.376. The van der Waals surface area contributed by atoms with Crippen LogP contribution in [0.3, 0.4) is 0 Å². The molecule has 0 unspecified atom stereocenters. The van der Waals surface area contributed by atoms with Crippen molar-refractivity contribution in [2.24, 2.45) is 5.14 Å². The summed E-state index contributed by atoms with van der Waals surface area (Å²) in [6, 6.07) is -0.215. The minimum absolute atomic E-state index is 0.215. The Balaban J connectivity index is 1.81. The third-order valence-electron chi connectivity index (χ3n) is 3.37. The van der Waals surface area contributed by atoms with Crippen LogP contribution >= 0.6 is 11.3 Å². The maximum absolute atomic E-state index is 12.1. The Bertz CT molecular complexity index is 620. The standard InChI is InChI=1S/C12H21N5O3S2/c1-9(2)11-15-10(8-21-11)7-14-12(18)16-3-5-17(6-4-16)22(13,19)20/h8-9H,3-7H2,1-2H3,(H,14,18)(H2,13,19,20). The number of nitrogens with zero attached hydrogens (tertiary/aromatic N) is 3. The van der Waals surface area contributed by atoms with Crippen molar-refractivity contribution < 1.29 is 13.2 Å². The Morgan fingerprint density at radius 1 is 1.41 bits per heavy atom. The summed E-state index contributed by atoms with van der Waals surface area (Å²) < 4.78 is 23.6. The van der Waals surface area contributed by atoms with Gasteiger partial charge in [0.15, 0.2) is 0 Å². The lowest BCUT2D eigenvalue weighted by atomic mass is 10.2. The molecule has 2 amide bonds. The van der Waals surface area contributed by atoms with Crippen LogP contribution in [0.1, 0.15) is 30.5 Å². The van der Waals surface area contributed by atoms with Crippen molar-refractivity contribution in [2.75, 3.05) is 26.2 Å². The van der Waals surface area contributed by atoms with E-state index in [0.717, 1.165) is 10.7 Å². The van der Waals surface area contributed by atoms with Crippen molar-refractivity contribution in [3.63, 3.8) is 0 Å². The summed E-state index contributed by atoms with van der Waals surface area (Å²) in [4.78, 5) is 18.1. The number of hydrogen-bond donors (Lipinski definition) is 2. The van der Waals surface area contributed by atoms with E-state index >= 15 is 0 Å². The van der Waals surface area contributed by atoms with Crippen molar-refractivity contribution in [3.8, 4) is 0 Å². The van der Waals surface area contributed by atoms with Crippen LogP contribution in [0.25, 0.3) is 0 Å². The number of hydrogen-bond acceptors (Lipinski definition) is 5. The third-order valence-corrected chi connectivity index (χ3v) is 5.65. The maximum atomic E-state index is 12.1. The van der Waals surface area contributed by atoms with Gasteiger partial charge in [0.05, 0.1) is 17.2 Å². The van der Waals surface area contributed by atoms with Crippen LogP contribution in [-0.4, -0.2) is 54.8 Å². The molecule has 0 saturated carbocycles. The first-order valence-electron chi connectivity index (χ1n) is 7.02. The van der Waals surface area contributed by atoms with Gasteiger partial charge in [0.1, 0.15) is 0 Å². The van der Waals surface area contributed by atoms with Gasteiger partial charge in [0.2, 0.25) is 0 Å². The van der Waals surface area contributed by atoms with Crippen molar-refractivity contribution in [3.05, 3.63) is 16.1 Å².